The summed E-state index contributed by atoms with van der Waals surface area (Å²) < 4.78 is 0. The Morgan fingerprint density at radius 2 is 1.33 bits per heavy atom. The molecule has 1 aliphatic heterocycles. The molecule has 1 saturated heterocycles. The van der Waals surface area contributed by atoms with Gasteiger partial charge in [-0.2, -0.15) is 0 Å². The Morgan fingerprint density at radius 1 is 0.791 bits per heavy atom. The SMILES string of the molecule is NC(=O)[C@@H](Cc1ccccc1)NC(=O)[C@H](Cc1ccccc1)NC(=O)[C@@H]1C[C@H](N)CN1C(=O)[C@@H](N)Cc1ccc(O)cc1. The zero-order valence-corrected chi connectivity index (χ0v) is 23.8. The molecule has 43 heavy (non-hydrogen) atoms. The van der Waals surface area contributed by atoms with E-state index in [2.05, 4.69) is 10.6 Å². The summed E-state index contributed by atoms with van der Waals surface area (Å²) in [6, 6.07) is 20.2. The molecule has 0 aliphatic carbocycles. The van der Waals surface area contributed by atoms with Crippen LogP contribution in [0.2, 0.25) is 0 Å². The van der Waals surface area contributed by atoms with E-state index in [1.807, 2.05) is 60.7 Å². The molecule has 3 aromatic carbocycles. The fourth-order valence-corrected chi connectivity index (χ4v) is 5.22. The number of nitrogens with one attached hydrogen (secondary N) is 2. The van der Waals surface area contributed by atoms with Crippen LogP contribution >= 0.6 is 0 Å². The molecule has 0 saturated carbocycles. The minimum atomic E-state index is -1.06. The van der Waals surface area contributed by atoms with Crippen molar-refractivity contribution in [2.75, 3.05) is 6.54 Å². The van der Waals surface area contributed by atoms with Gasteiger partial charge < -0.3 is 37.8 Å². The smallest absolute Gasteiger partial charge is 0.243 e. The lowest BCUT2D eigenvalue weighted by Gasteiger charge is -2.29. The summed E-state index contributed by atoms with van der Waals surface area (Å²) in [7, 11) is 0. The Hall–Kier alpha value is -4.74. The summed E-state index contributed by atoms with van der Waals surface area (Å²) in [5.41, 5.74) is 20.4. The average molecular weight is 587 g/mol. The molecule has 0 radical (unpaired) electrons. The van der Waals surface area contributed by atoms with E-state index in [-0.39, 0.29) is 38.0 Å². The molecule has 4 amide bonds. The Labute approximate surface area is 250 Å². The molecule has 3 aromatic rings. The molecular formula is C32H38N6O5. The highest BCUT2D eigenvalue weighted by atomic mass is 16.3. The number of primary amides is 1. The number of nitrogens with zero attached hydrogens (tertiary/aromatic N) is 1. The monoisotopic (exact) mass is 586 g/mol. The number of phenols is 1. The molecule has 0 bridgehead atoms. The first-order chi connectivity index (χ1) is 20.6. The van der Waals surface area contributed by atoms with Gasteiger partial charge in [-0.1, -0.05) is 72.8 Å². The van der Waals surface area contributed by atoms with Crippen LogP contribution in [0, 0.1) is 0 Å². The van der Waals surface area contributed by atoms with E-state index < -0.39 is 53.8 Å². The average Bonchev–Trinajstić information content (AvgIpc) is 3.39. The molecule has 1 aliphatic rings. The minimum Gasteiger partial charge on any atom is -0.508 e. The van der Waals surface area contributed by atoms with Crippen molar-refractivity contribution in [1.29, 1.82) is 0 Å². The van der Waals surface area contributed by atoms with Crippen LogP contribution in [-0.2, 0) is 38.4 Å². The lowest BCUT2D eigenvalue weighted by atomic mass is 10.0. The van der Waals surface area contributed by atoms with Gasteiger partial charge in [0.2, 0.25) is 23.6 Å². The van der Waals surface area contributed by atoms with Gasteiger partial charge in [-0.3, -0.25) is 19.2 Å². The van der Waals surface area contributed by atoms with Crippen LogP contribution in [0.25, 0.3) is 0 Å². The first-order valence-electron chi connectivity index (χ1n) is 14.2. The van der Waals surface area contributed by atoms with Crippen molar-refractivity contribution in [1.82, 2.24) is 15.5 Å². The number of rotatable bonds is 12. The van der Waals surface area contributed by atoms with E-state index in [1.54, 1.807) is 12.1 Å². The van der Waals surface area contributed by atoms with Gasteiger partial charge in [-0.25, -0.2) is 0 Å². The molecule has 0 unspecified atom stereocenters. The number of aromatic hydroxyl groups is 1. The number of phenolic OH excluding ortho intramolecular Hbond substituents is 1. The van der Waals surface area contributed by atoms with E-state index in [4.69, 9.17) is 17.2 Å². The molecule has 0 aromatic heterocycles. The van der Waals surface area contributed by atoms with E-state index >= 15 is 0 Å². The number of carbonyl (C=O) groups is 4. The zero-order valence-electron chi connectivity index (χ0n) is 23.8. The van der Waals surface area contributed by atoms with Crippen LogP contribution in [0.5, 0.6) is 5.75 Å². The fraction of sp³-hybridized carbons (Fsp3) is 0.312. The number of carbonyl (C=O) groups excluding carboxylic acids is 4. The maximum Gasteiger partial charge on any atom is 0.243 e. The van der Waals surface area contributed by atoms with Crippen molar-refractivity contribution in [2.45, 2.75) is 55.9 Å². The normalized spacial score (nSPS) is 18.3. The van der Waals surface area contributed by atoms with Gasteiger partial charge in [0.15, 0.2) is 0 Å². The second-order valence-corrected chi connectivity index (χ2v) is 10.9. The number of likely N-dealkylation sites (tertiary alicyclic amines) is 1. The second-order valence-electron chi connectivity index (χ2n) is 10.9. The summed E-state index contributed by atoms with van der Waals surface area (Å²) >= 11 is 0. The molecule has 0 spiro atoms. The third-order valence-corrected chi connectivity index (χ3v) is 7.49. The molecule has 11 nitrogen and oxygen atoms in total. The quantitative estimate of drug-likeness (QED) is 0.174. The number of nitrogens with two attached hydrogens (primary N) is 3. The number of hydrogen-bond acceptors (Lipinski definition) is 7. The summed E-state index contributed by atoms with van der Waals surface area (Å²) in [6.45, 7) is 0.135. The van der Waals surface area contributed by atoms with Crippen LogP contribution in [0.4, 0.5) is 0 Å². The van der Waals surface area contributed by atoms with Crippen molar-refractivity contribution in [3.05, 3.63) is 102 Å². The standard InChI is InChI=1S/C32H38N6O5/c33-23-18-28(38(19-23)32(43)25(34)15-22-11-13-24(39)14-12-22)31(42)37-27(17-21-9-5-2-6-10-21)30(41)36-26(29(35)40)16-20-7-3-1-4-8-20/h1-14,23,25-28,39H,15-19,33-34H2,(H2,35,40)(H,36,41)(H,37,42)/t23-,25-,26+,27-,28-/m0/s1. The summed E-state index contributed by atoms with van der Waals surface area (Å²) in [5.74, 6) is -2.18. The van der Waals surface area contributed by atoms with Crippen molar-refractivity contribution in [3.63, 3.8) is 0 Å². The van der Waals surface area contributed by atoms with Crippen LogP contribution in [0.1, 0.15) is 23.1 Å². The molecule has 4 rings (SSSR count). The summed E-state index contributed by atoms with van der Waals surface area (Å²) in [4.78, 5) is 54.2. The Bertz CT molecular complexity index is 1400. The van der Waals surface area contributed by atoms with E-state index in [0.717, 1.165) is 16.7 Å². The highest BCUT2D eigenvalue weighted by Gasteiger charge is 2.41. The van der Waals surface area contributed by atoms with Gasteiger partial charge in [0, 0.05) is 25.4 Å². The van der Waals surface area contributed by atoms with Gasteiger partial charge >= 0.3 is 0 Å². The molecule has 11 heteroatoms. The van der Waals surface area contributed by atoms with Gasteiger partial charge in [0.05, 0.1) is 6.04 Å². The van der Waals surface area contributed by atoms with E-state index in [9.17, 15) is 24.3 Å². The first kappa shape index (κ1) is 31.2. The third kappa shape index (κ3) is 8.63. The second kappa shape index (κ2) is 14.4. The van der Waals surface area contributed by atoms with E-state index in [0.29, 0.717) is 0 Å². The highest BCUT2D eigenvalue weighted by Crippen LogP contribution is 2.20. The van der Waals surface area contributed by atoms with Crippen molar-refractivity contribution >= 4 is 23.6 Å². The molecule has 9 N–H and O–H groups in total. The number of hydrogen-bond donors (Lipinski definition) is 6. The topological polar surface area (TPSA) is 194 Å². The predicted octanol–water partition coefficient (Wildman–Crippen LogP) is 0.131. The van der Waals surface area contributed by atoms with Gasteiger partial charge in [-0.05, 0) is 41.7 Å². The number of benzene rings is 3. The zero-order chi connectivity index (χ0) is 30.9. The van der Waals surface area contributed by atoms with Crippen molar-refractivity contribution in [2.24, 2.45) is 17.2 Å². The maximum atomic E-state index is 13.6. The lowest BCUT2D eigenvalue weighted by Crippen LogP contribution is -2.58. The first-order valence-corrected chi connectivity index (χ1v) is 14.2. The Morgan fingerprint density at radius 3 is 1.88 bits per heavy atom. The van der Waals surface area contributed by atoms with E-state index in [1.165, 1.54) is 17.0 Å². The van der Waals surface area contributed by atoms with Crippen molar-refractivity contribution < 1.29 is 24.3 Å². The minimum absolute atomic E-state index is 0.0993. The number of amides is 4. The maximum absolute atomic E-state index is 13.6. The fourth-order valence-electron chi connectivity index (χ4n) is 5.22. The van der Waals surface area contributed by atoms with Crippen LogP contribution in [0.15, 0.2) is 84.9 Å². The third-order valence-electron chi connectivity index (χ3n) is 7.49. The molecule has 5 atom stereocenters. The Balaban J connectivity index is 1.49. The highest BCUT2D eigenvalue weighted by molar-refractivity contribution is 5.95. The largest absolute Gasteiger partial charge is 0.508 e. The Kier molecular flexibility index (Phi) is 10.5. The van der Waals surface area contributed by atoms with Gasteiger partial charge in [0.25, 0.3) is 0 Å². The van der Waals surface area contributed by atoms with Crippen molar-refractivity contribution in [3.8, 4) is 5.75 Å². The lowest BCUT2D eigenvalue weighted by molar-refractivity contribution is -0.140. The van der Waals surface area contributed by atoms with Crippen LogP contribution in [0.3, 0.4) is 0 Å². The summed E-state index contributed by atoms with van der Waals surface area (Å²) in [5, 5.41) is 15.0. The summed E-state index contributed by atoms with van der Waals surface area (Å²) in [6.07, 6.45) is 0.726. The van der Waals surface area contributed by atoms with Crippen LogP contribution in [-0.4, -0.2) is 70.4 Å². The molecule has 1 heterocycles. The molecular weight excluding hydrogens is 548 g/mol. The van der Waals surface area contributed by atoms with Crippen LogP contribution < -0.4 is 27.8 Å². The van der Waals surface area contributed by atoms with Gasteiger partial charge in [-0.15, -0.1) is 0 Å². The molecule has 226 valence electrons. The predicted molar refractivity (Wildman–Crippen MR) is 161 cm³/mol. The van der Waals surface area contributed by atoms with Gasteiger partial charge in [0.1, 0.15) is 23.9 Å². The molecule has 1 fully saturated rings.